The number of benzene rings is 3. The molecule has 3 heterocycles. The first-order chi connectivity index (χ1) is 18.0. The third kappa shape index (κ3) is 4.62. The van der Waals surface area contributed by atoms with Crippen LogP contribution in [-0.2, 0) is 0 Å². The van der Waals surface area contributed by atoms with E-state index in [-0.39, 0.29) is 17.9 Å². The van der Waals surface area contributed by atoms with Crippen molar-refractivity contribution in [1.29, 1.82) is 0 Å². The van der Waals surface area contributed by atoms with Gasteiger partial charge in [-0.05, 0) is 80.3 Å². The van der Waals surface area contributed by atoms with E-state index in [0.29, 0.717) is 23.8 Å². The normalized spacial score (nSPS) is 22.0. The van der Waals surface area contributed by atoms with E-state index in [0.717, 1.165) is 46.3 Å². The molecule has 1 amide bonds. The van der Waals surface area contributed by atoms with E-state index in [4.69, 9.17) is 4.74 Å². The predicted molar refractivity (Wildman–Crippen MR) is 147 cm³/mol. The number of amides is 1. The number of piperidine rings is 1. The maximum absolute atomic E-state index is 13.3. The quantitative estimate of drug-likeness (QED) is 0.332. The number of aromatic nitrogens is 2. The minimum absolute atomic E-state index is 0.0591. The van der Waals surface area contributed by atoms with Crippen LogP contribution in [0, 0.1) is 5.92 Å². The molecule has 2 saturated heterocycles. The summed E-state index contributed by atoms with van der Waals surface area (Å²) in [5.74, 6) is 1.08. The number of H-pyrrole nitrogens is 1. The van der Waals surface area contributed by atoms with Crippen molar-refractivity contribution in [2.24, 2.45) is 5.92 Å². The van der Waals surface area contributed by atoms with Gasteiger partial charge in [-0.15, -0.1) is 0 Å². The number of rotatable bonds is 7. The van der Waals surface area contributed by atoms with Crippen LogP contribution in [0.5, 0.6) is 5.75 Å². The lowest BCUT2D eigenvalue weighted by Gasteiger charge is -2.53. The van der Waals surface area contributed by atoms with Crippen LogP contribution in [0.3, 0.4) is 0 Å². The topological polar surface area (TPSA) is 70.2 Å². The highest BCUT2D eigenvalue weighted by molar-refractivity contribution is 6.01. The first-order valence-corrected chi connectivity index (χ1v) is 13.3. The molecule has 0 radical (unpaired) electrons. The standard InChI is InChI=1S/C31H34N4O2/c1-19(2)29(20-7-5-4-6-8-20)32-31(36)22-11-14-28-27(15-22)30(34-33-28)21-9-12-25(13-10-21)37-26-17-23-16-24(18-26)35(23)3/h4-15,19,23-24,26,29H,16-18H2,1-3H3,(H,32,36)(H,33,34). The van der Waals surface area contributed by atoms with E-state index in [9.17, 15) is 4.79 Å². The number of hydrogen-bond donors (Lipinski definition) is 2. The summed E-state index contributed by atoms with van der Waals surface area (Å²) in [7, 11) is 2.22. The number of hydrogen-bond acceptors (Lipinski definition) is 4. The maximum Gasteiger partial charge on any atom is 0.251 e. The van der Waals surface area contributed by atoms with Gasteiger partial charge >= 0.3 is 0 Å². The molecule has 0 spiro atoms. The van der Waals surface area contributed by atoms with Gasteiger partial charge in [0.25, 0.3) is 5.91 Å². The summed E-state index contributed by atoms with van der Waals surface area (Å²) in [6, 6.07) is 25.3. The van der Waals surface area contributed by atoms with Crippen LogP contribution < -0.4 is 10.1 Å². The van der Waals surface area contributed by atoms with Crippen molar-refractivity contribution in [1.82, 2.24) is 20.4 Å². The molecule has 6 heteroatoms. The summed E-state index contributed by atoms with van der Waals surface area (Å²) in [5, 5.41) is 11.8. The van der Waals surface area contributed by atoms with E-state index in [2.05, 4.69) is 65.6 Å². The first kappa shape index (κ1) is 23.7. The summed E-state index contributed by atoms with van der Waals surface area (Å²) < 4.78 is 6.30. The van der Waals surface area contributed by atoms with E-state index in [1.54, 1.807) is 0 Å². The zero-order valence-corrected chi connectivity index (χ0v) is 21.6. The van der Waals surface area contributed by atoms with Gasteiger partial charge in [0.05, 0.1) is 17.3 Å². The van der Waals surface area contributed by atoms with E-state index >= 15 is 0 Å². The van der Waals surface area contributed by atoms with Crippen molar-refractivity contribution in [3.05, 3.63) is 83.9 Å². The molecule has 1 saturated carbocycles. The second-order valence-corrected chi connectivity index (χ2v) is 10.9. The number of ether oxygens (including phenoxy) is 1. The molecule has 7 rings (SSSR count). The number of nitrogens with zero attached hydrogens (tertiary/aromatic N) is 2. The average Bonchev–Trinajstić information content (AvgIpc) is 3.35. The average molecular weight is 495 g/mol. The minimum Gasteiger partial charge on any atom is -0.490 e. The van der Waals surface area contributed by atoms with Crippen molar-refractivity contribution >= 4 is 16.8 Å². The predicted octanol–water partition coefficient (Wildman–Crippen LogP) is 5.97. The molecule has 6 nitrogen and oxygen atoms in total. The third-order valence-corrected chi connectivity index (χ3v) is 8.13. The van der Waals surface area contributed by atoms with E-state index < -0.39 is 0 Å². The van der Waals surface area contributed by atoms with Crippen molar-refractivity contribution < 1.29 is 9.53 Å². The Kier molecular flexibility index (Phi) is 6.21. The molecule has 3 fully saturated rings. The van der Waals surface area contributed by atoms with Gasteiger partial charge in [-0.3, -0.25) is 9.89 Å². The molecule has 190 valence electrons. The Hall–Kier alpha value is -3.64. The summed E-state index contributed by atoms with van der Waals surface area (Å²) in [5.41, 5.74) is 4.46. The Labute approximate surface area is 218 Å². The molecular weight excluding hydrogens is 460 g/mol. The SMILES string of the molecule is CC(C)C(NC(=O)c1ccc2[nH]nc(-c3ccc(OC4CC5CC(C4)N5C)cc3)c2c1)c1ccccc1. The molecule has 2 bridgehead atoms. The summed E-state index contributed by atoms with van der Waals surface area (Å²) in [6.07, 6.45) is 3.81. The largest absolute Gasteiger partial charge is 0.490 e. The minimum atomic E-state index is -0.0865. The van der Waals surface area contributed by atoms with Crippen LogP contribution in [0.4, 0.5) is 0 Å². The van der Waals surface area contributed by atoms with E-state index in [1.165, 1.54) is 6.42 Å². The van der Waals surface area contributed by atoms with Crippen molar-refractivity contribution in [2.75, 3.05) is 7.05 Å². The van der Waals surface area contributed by atoms with Crippen molar-refractivity contribution in [3.8, 4) is 17.0 Å². The van der Waals surface area contributed by atoms with Crippen molar-refractivity contribution in [2.45, 2.75) is 57.3 Å². The number of nitrogens with one attached hydrogen (secondary N) is 2. The van der Waals surface area contributed by atoms with Crippen LogP contribution >= 0.6 is 0 Å². The molecule has 3 atom stereocenters. The highest BCUT2D eigenvalue weighted by atomic mass is 16.5. The number of fused-ring (bicyclic) bond motifs is 3. The maximum atomic E-state index is 13.3. The Balaban J connectivity index is 1.19. The molecule has 2 aliphatic heterocycles. The third-order valence-electron chi connectivity index (χ3n) is 8.13. The zero-order chi connectivity index (χ0) is 25.5. The molecule has 3 unspecified atom stereocenters. The zero-order valence-electron chi connectivity index (χ0n) is 21.6. The highest BCUT2D eigenvalue weighted by Gasteiger charge is 2.43. The van der Waals surface area contributed by atoms with Gasteiger partial charge in [-0.2, -0.15) is 5.10 Å². The molecule has 37 heavy (non-hydrogen) atoms. The molecule has 1 aromatic heterocycles. The number of carbonyl (C=O) groups is 1. The second kappa shape index (κ2) is 9.67. The first-order valence-electron chi connectivity index (χ1n) is 13.3. The Morgan fingerprint density at radius 3 is 2.41 bits per heavy atom. The van der Waals surface area contributed by atoms with Gasteiger partial charge in [-0.25, -0.2) is 0 Å². The van der Waals surface area contributed by atoms with Crippen LogP contribution in [0.2, 0.25) is 0 Å². The smallest absolute Gasteiger partial charge is 0.251 e. The Morgan fingerprint density at radius 2 is 1.73 bits per heavy atom. The lowest BCUT2D eigenvalue weighted by molar-refractivity contribution is -0.0559. The van der Waals surface area contributed by atoms with E-state index in [1.807, 2.05) is 48.5 Å². The fraction of sp³-hybridized carbons (Fsp3) is 0.355. The summed E-state index contributed by atoms with van der Waals surface area (Å²) >= 11 is 0. The van der Waals surface area contributed by atoms with Gasteiger partial charge in [0, 0.05) is 28.6 Å². The van der Waals surface area contributed by atoms with Gasteiger partial charge in [-0.1, -0.05) is 44.2 Å². The molecule has 1 aliphatic carbocycles. The highest BCUT2D eigenvalue weighted by Crippen LogP contribution is 2.38. The van der Waals surface area contributed by atoms with Gasteiger partial charge < -0.3 is 15.0 Å². The van der Waals surface area contributed by atoms with Crippen LogP contribution in [-0.4, -0.2) is 46.2 Å². The van der Waals surface area contributed by atoms with Gasteiger partial charge in [0.1, 0.15) is 11.9 Å². The monoisotopic (exact) mass is 494 g/mol. The lowest BCUT2D eigenvalue weighted by atomic mass is 9.78. The van der Waals surface area contributed by atoms with Crippen LogP contribution in [0.1, 0.15) is 55.1 Å². The molecule has 3 aromatic carbocycles. The molecule has 3 aliphatic rings. The fourth-order valence-corrected chi connectivity index (χ4v) is 5.91. The fourth-order valence-electron chi connectivity index (χ4n) is 5.91. The second-order valence-electron chi connectivity index (χ2n) is 10.9. The summed E-state index contributed by atoms with van der Waals surface area (Å²) in [4.78, 5) is 15.7. The number of aromatic amines is 1. The molecule has 2 N–H and O–H groups in total. The van der Waals surface area contributed by atoms with Gasteiger partial charge in [0.15, 0.2) is 0 Å². The van der Waals surface area contributed by atoms with Crippen LogP contribution in [0.15, 0.2) is 72.8 Å². The Morgan fingerprint density at radius 1 is 1.00 bits per heavy atom. The molecule has 4 aromatic rings. The Bertz CT molecular complexity index is 1380. The number of carbonyl (C=O) groups excluding carboxylic acids is 1. The van der Waals surface area contributed by atoms with Gasteiger partial charge in [0.2, 0.25) is 0 Å². The van der Waals surface area contributed by atoms with Crippen molar-refractivity contribution in [3.63, 3.8) is 0 Å². The molecular formula is C31H34N4O2. The summed E-state index contributed by atoms with van der Waals surface area (Å²) in [6.45, 7) is 4.25. The van der Waals surface area contributed by atoms with Crippen LogP contribution in [0.25, 0.3) is 22.2 Å². The lowest BCUT2D eigenvalue weighted by Crippen LogP contribution is -2.60.